The molecule has 0 aromatic rings. The number of Topliss-reactive ketones (excluding diaryl/α,β-unsaturated/α-hetero) is 1. The number of nitrogens with zero attached hydrogens (tertiary/aromatic N) is 1. The molecule has 1 aliphatic rings. The summed E-state index contributed by atoms with van der Waals surface area (Å²) in [4.78, 5) is 57.9. The third-order valence-corrected chi connectivity index (χ3v) is 2.96. The molecule has 2 amide bonds. The van der Waals surface area contributed by atoms with Gasteiger partial charge in [-0.15, -0.1) is 0 Å². The van der Waals surface area contributed by atoms with Crippen molar-refractivity contribution >= 4 is 29.4 Å². The molecule has 0 spiro atoms. The first kappa shape index (κ1) is 17.7. The third-order valence-electron chi connectivity index (χ3n) is 2.96. The lowest BCUT2D eigenvalue weighted by atomic mass is 10.1. The monoisotopic (exact) mass is 311 g/mol. The summed E-state index contributed by atoms with van der Waals surface area (Å²) in [7, 11) is 1.35. The Balaban J connectivity index is 2.49. The summed E-state index contributed by atoms with van der Waals surface area (Å²) in [6.07, 6.45) is 1.15. The highest BCUT2D eigenvalue weighted by Crippen LogP contribution is 2.10. The highest BCUT2D eigenvalue weighted by Gasteiger charge is 2.28. The summed E-state index contributed by atoms with van der Waals surface area (Å²) in [5.41, 5.74) is 0.0503. The Morgan fingerprint density at radius 2 is 1.77 bits per heavy atom. The second-order valence-electron chi connectivity index (χ2n) is 4.60. The molecule has 0 saturated carbocycles. The largest absolute Gasteiger partial charge is 0.458 e. The number of ether oxygens (including phenoxy) is 2. The molecule has 0 radical (unpaired) electrons. The van der Waals surface area contributed by atoms with E-state index in [0.29, 0.717) is 0 Å². The molecule has 8 nitrogen and oxygen atoms in total. The molecule has 1 fully saturated rings. The summed E-state index contributed by atoms with van der Waals surface area (Å²) < 4.78 is 9.43. The van der Waals surface area contributed by atoms with Crippen molar-refractivity contribution in [1.29, 1.82) is 0 Å². The van der Waals surface area contributed by atoms with Gasteiger partial charge in [0.15, 0.2) is 5.78 Å². The van der Waals surface area contributed by atoms with E-state index in [1.54, 1.807) is 0 Å². The summed E-state index contributed by atoms with van der Waals surface area (Å²) in [5, 5.41) is 0. The number of hydrogen-bond acceptors (Lipinski definition) is 7. The SMILES string of the molecule is COC/C(=C/C(=O)C(=O)OCCN1C(=O)CCC1=O)C(C)=O. The van der Waals surface area contributed by atoms with E-state index in [0.717, 1.165) is 11.0 Å². The molecule has 22 heavy (non-hydrogen) atoms. The first-order chi connectivity index (χ1) is 10.4. The van der Waals surface area contributed by atoms with Crippen molar-refractivity contribution in [2.75, 3.05) is 26.9 Å². The van der Waals surface area contributed by atoms with Gasteiger partial charge < -0.3 is 9.47 Å². The van der Waals surface area contributed by atoms with Crippen LogP contribution in [-0.4, -0.2) is 61.1 Å². The van der Waals surface area contributed by atoms with Crippen LogP contribution >= 0.6 is 0 Å². The Hall–Kier alpha value is -2.35. The Labute approximate surface area is 127 Å². The zero-order valence-electron chi connectivity index (χ0n) is 12.4. The number of amides is 2. The van der Waals surface area contributed by atoms with Crippen LogP contribution in [0.25, 0.3) is 0 Å². The van der Waals surface area contributed by atoms with Crippen LogP contribution in [0.4, 0.5) is 0 Å². The fraction of sp³-hybridized carbons (Fsp3) is 0.500. The van der Waals surface area contributed by atoms with Crippen LogP contribution in [0.3, 0.4) is 0 Å². The zero-order chi connectivity index (χ0) is 16.7. The van der Waals surface area contributed by atoms with Crippen LogP contribution in [0.15, 0.2) is 11.6 Å². The second-order valence-corrected chi connectivity index (χ2v) is 4.60. The van der Waals surface area contributed by atoms with Gasteiger partial charge in [-0.25, -0.2) is 4.79 Å². The number of rotatable bonds is 8. The number of imide groups is 1. The number of carbonyl (C=O) groups excluding carboxylic acids is 5. The van der Waals surface area contributed by atoms with Crippen molar-refractivity contribution in [2.45, 2.75) is 19.8 Å². The van der Waals surface area contributed by atoms with E-state index in [1.807, 2.05) is 0 Å². The van der Waals surface area contributed by atoms with E-state index < -0.39 is 17.5 Å². The minimum Gasteiger partial charge on any atom is -0.458 e. The van der Waals surface area contributed by atoms with Crippen molar-refractivity contribution in [3.8, 4) is 0 Å². The maximum atomic E-state index is 11.6. The van der Waals surface area contributed by atoms with Crippen LogP contribution in [0.5, 0.6) is 0 Å². The molecule has 0 unspecified atom stereocenters. The van der Waals surface area contributed by atoms with E-state index in [1.165, 1.54) is 14.0 Å². The Morgan fingerprint density at radius 3 is 2.27 bits per heavy atom. The first-order valence-electron chi connectivity index (χ1n) is 6.61. The van der Waals surface area contributed by atoms with Gasteiger partial charge in [0, 0.05) is 31.6 Å². The normalized spacial score (nSPS) is 15.2. The molecule has 1 rings (SSSR count). The summed E-state index contributed by atoms with van der Waals surface area (Å²) in [6.45, 7) is 0.798. The van der Waals surface area contributed by atoms with Gasteiger partial charge in [0.05, 0.1) is 13.2 Å². The average Bonchev–Trinajstić information content (AvgIpc) is 2.78. The molecule has 0 atom stereocenters. The zero-order valence-corrected chi connectivity index (χ0v) is 12.4. The summed E-state index contributed by atoms with van der Waals surface area (Å²) in [5.74, 6) is -3.20. The number of likely N-dealkylation sites (tertiary alicyclic amines) is 1. The predicted octanol–water partition coefficient (Wildman–Crippen LogP) is -0.591. The van der Waals surface area contributed by atoms with Gasteiger partial charge in [0.2, 0.25) is 11.8 Å². The lowest BCUT2D eigenvalue weighted by molar-refractivity contribution is -0.153. The molecule has 1 saturated heterocycles. The number of methoxy groups -OCH3 is 1. The number of hydrogen-bond donors (Lipinski definition) is 0. The van der Waals surface area contributed by atoms with Gasteiger partial charge in [-0.1, -0.05) is 0 Å². The minimum atomic E-state index is -1.16. The molecule has 0 N–H and O–H groups in total. The Morgan fingerprint density at radius 1 is 1.18 bits per heavy atom. The van der Waals surface area contributed by atoms with E-state index in [-0.39, 0.29) is 50.0 Å². The van der Waals surface area contributed by atoms with Gasteiger partial charge >= 0.3 is 5.97 Å². The van der Waals surface area contributed by atoms with Crippen LogP contribution < -0.4 is 0 Å². The molecule has 120 valence electrons. The lowest BCUT2D eigenvalue weighted by Crippen LogP contribution is -2.33. The van der Waals surface area contributed by atoms with Crippen LogP contribution in [0.1, 0.15) is 19.8 Å². The molecule has 8 heteroatoms. The lowest BCUT2D eigenvalue weighted by Gasteiger charge is -2.13. The van der Waals surface area contributed by atoms with Crippen LogP contribution in [0, 0.1) is 0 Å². The maximum absolute atomic E-state index is 11.6. The smallest absolute Gasteiger partial charge is 0.379 e. The first-order valence-corrected chi connectivity index (χ1v) is 6.61. The highest BCUT2D eigenvalue weighted by atomic mass is 16.5. The van der Waals surface area contributed by atoms with E-state index >= 15 is 0 Å². The van der Waals surface area contributed by atoms with Crippen LogP contribution in [0.2, 0.25) is 0 Å². The number of carbonyl (C=O) groups is 5. The van der Waals surface area contributed by atoms with Crippen molar-refractivity contribution in [3.05, 3.63) is 11.6 Å². The van der Waals surface area contributed by atoms with Gasteiger partial charge in [-0.3, -0.25) is 24.1 Å². The highest BCUT2D eigenvalue weighted by molar-refractivity contribution is 6.39. The standard InChI is InChI=1S/C14H17NO7/c1-9(16)10(8-21-2)7-11(17)14(20)22-6-5-15-12(18)3-4-13(15)19/h7H,3-6,8H2,1-2H3/b10-7-. The van der Waals surface area contributed by atoms with Crippen molar-refractivity contribution in [1.82, 2.24) is 4.90 Å². The van der Waals surface area contributed by atoms with Crippen molar-refractivity contribution in [3.63, 3.8) is 0 Å². The summed E-state index contributed by atoms with van der Waals surface area (Å²) in [6, 6.07) is 0. The minimum absolute atomic E-state index is 0.0503. The fourth-order valence-electron chi connectivity index (χ4n) is 1.79. The van der Waals surface area contributed by atoms with Crippen molar-refractivity contribution in [2.24, 2.45) is 0 Å². The van der Waals surface area contributed by atoms with E-state index in [9.17, 15) is 24.0 Å². The fourth-order valence-corrected chi connectivity index (χ4v) is 1.79. The van der Waals surface area contributed by atoms with E-state index in [2.05, 4.69) is 4.74 Å². The number of esters is 1. The molecular weight excluding hydrogens is 294 g/mol. The van der Waals surface area contributed by atoms with Gasteiger partial charge in [-0.05, 0) is 6.92 Å². The van der Waals surface area contributed by atoms with Gasteiger partial charge in [-0.2, -0.15) is 0 Å². The van der Waals surface area contributed by atoms with Crippen molar-refractivity contribution < 1.29 is 33.4 Å². The number of ketones is 2. The van der Waals surface area contributed by atoms with E-state index in [4.69, 9.17) is 4.74 Å². The topological polar surface area (TPSA) is 107 Å². The third kappa shape index (κ3) is 4.88. The van der Waals surface area contributed by atoms with Crippen LogP contribution in [-0.2, 0) is 33.4 Å². The summed E-state index contributed by atoms with van der Waals surface area (Å²) >= 11 is 0. The molecule has 1 heterocycles. The average molecular weight is 311 g/mol. The molecule has 0 aromatic heterocycles. The molecule has 0 aliphatic carbocycles. The molecule has 1 aliphatic heterocycles. The maximum Gasteiger partial charge on any atom is 0.379 e. The Kier molecular flexibility index (Phi) is 6.58. The van der Waals surface area contributed by atoms with Gasteiger partial charge in [0.1, 0.15) is 6.61 Å². The second kappa shape index (κ2) is 8.18. The molecule has 0 aromatic carbocycles. The molecular formula is C14H17NO7. The Bertz CT molecular complexity index is 519. The molecule has 0 bridgehead atoms. The predicted molar refractivity (Wildman–Crippen MR) is 72.6 cm³/mol. The quantitative estimate of drug-likeness (QED) is 0.255. The van der Waals surface area contributed by atoms with Gasteiger partial charge in [0.25, 0.3) is 5.78 Å².